The molecule has 0 radical (unpaired) electrons. The first-order valence-electron chi connectivity index (χ1n) is 7.95. The van der Waals surface area contributed by atoms with Crippen LogP contribution in [0.3, 0.4) is 0 Å². The molecule has 0 aliphatic rings. The highest BCUT2D eigenvalue weighted by Gasteiger charge is 2.15. The molecule has 3 aromatic rings. The lowest BCUT2D eigenvalue weighted by Gasteiger charge is -2.10. The molecule has 3 rings (SSSR count). The molecule has 0 saturated heterocycles. The van der Waals surface area contributed by atoms with Gasteiger partial charge < -0.3 is 5.73 Å². The van der Waals surface area contributed by atoms with Crippen molar-refractivity contribution in [2.45, 2.75) is 6.92 Å². The molecule has 0 aliphatic carbocycles. The number of fused-ring (bicyclic) bond motifs is 1. The standard InChI is InChI=1S/C19H20N4O2/c1-13(24)18-19(20)22-17-9-8-15(12-23(17)18)16(10-11-25-21-2)14-6-4-3-5-7-14/h3-10,12,21H,11,20H2,1-2H3/b16-10+. The highest BCUT2D eigenvalue weighted by atomic mass is 16.6. The zero-order valence-corrected chi connectivity index (χ0v) is 14.2. The van der Waals surface area contributed by atoms with Crippen LogP contribution < -0.4 is 11.2 Å². The van der Waals surface area contributed by atoms with Crippen molar-refractivity contribution < 1.29 is 9.63 Å². The molecule has 0 bridgehead atoms. The number of nitrogens with zero attached hydrogens (tertiary/aromatic N) is 2. The molecule has 2 aromatic heterocycles. The topological polar surface area (TPSA) is 81.7 Å². The number of carbonyl (C=O) groups is 1. The molecule has 0 amide bonds. The van der Waals surface area contributed by atoms with Crippen molar-refractivity contribution in [1.82, 2.24) is 14.9 Å². The van der Waals surface area contributed by atoms with Crippen LogP contribution in [0.1, 0.15) is 28.5 Å². The maximum absolute atomic E-state index is 11.9. The third-order valence-electron chi connectivity index (χ3n) is 3.89. The zero-order chi connectivity index (χ0) is 17.8. The second kappa shape index (κ2) is 7.29. The number of Topliss-reactive ketones (excluding diaryl/α,β-unsaturated/α-hetero) is 1. The first-order valence-corrected chi connectivity index (χ1v) is 7.95. The van der Waals surface area contributed by atoms with Gasteiger partial charge in [0.15, 0.2) is 11.6 Å². The number of rotatable bonds is 6. The summed E-state index contributed by atoms with van der Waals surface area (Å²) in [7, 11) is 1.72. The first-order chi connectivity index (χ1) is 12.1. The van der Waals surface area contributed by atoms with E-state index in [9.17, 15) is 4.79 Å². The second-order valence-electron chi connectivity index (χ2n) is 5.55. The van der Waals surface area contributed by atoms with Crippen LogP contribution in [-0.4, -0.2) is 28.8 Å². The van der Waals surface area contributed by atoms with Crippen LogP contribution in [-0.2, 0) is 4.84 Å². The van der Waals surface area contributed by atoms with Crippen molar-refractivity contribution in [2.75, 3.05) is 19.4 Å². The van der Waals surface area contributed by atoms with Crippen LogP contribution in [0.15, 0.2) is 54.7 Å². The van der Waals surface area contributed by atoms with E-state index >= 15 is 0 Å². The van der Waals surface area contributed by atoms with E-state index in [0.29, 0.717) is 17.9 Å². The van der Waals surface area contributed by atoms with Gasteiger partial charge in [0, 0.05) is 20.2 Å². The Bertz CT molecular complexity index is 929. The molecule has 2 heterocycles. The number of imidazole rings is 1. The summed E-state index contributed by atoms with van der Waals surface area (Å²) in [6.07, 6.45) is 3.87. The summed E-state index contributed by atoms with van der Waals surface area (Å²) in [5.74, 6) is 0.124. The van der Waals surface area contributed by atoms with Crippen molar-refractivity contribution in [3.63, 3.8) is 0 Å². The maximum atomic E-state index is 11.9. The predicted octanol–water partition coefficient (Wildman–Crippen LogP) is 2.70. The molecule has 0 fully saturated rings. The summed E-state index contributed by atoms with van der Waals surface area (Å²) in [4.78, 5) is 21.4. The minimum Gasteiger partial charge on any atom is -0.382 e. The monoisotopic (exact) mass is 336 g/mol. The molecule has 6 heteroatoms. The van der Waals surface area contributed by atoms with E-state index in [1.807, 2.05) is 54.7 Å². The number of ketones is 1. The van der Waals surface area contributed by atoms with E-state index in [1.54, 1.807) is 11.4 Å². The zero-order valence-electron chi connectivity index (χ0n) is 14.2. The highest BCUT2D eigenvalue weighted by molar-refractivity contribution is 5.98. The predicted molar refractivity (Wildman–Crippen MR) is 98.1 cm³/mol. The van der Waals surface area contributed by atoms with Gasteiger partial charge in [0.05, 0.1) is 6.61 Å². The van der Waals surface area contributed by atoms with Gasteiger partial charge in [-0.1, -0.05) is 30.3 Å². The lowest BCUT2D eigenvalue weighted by molar-refractivity contribution is 0.0813. The fourth-order valence-electron chi connectivity index (χ4n) is 2.80. The number of anilines is 1. The number of nitrogens with one attached hydrogen (secondary N) is 1. The van der Waals surface area contributed by atoms with Crippen LogP contribution in [0.25, 0.3) is 11.2 Å². The molecule has 0 unspecified atom stereocenters. The van der Waals surface area contributed by atoms with Crippen molar-refractivity contribution in [3.8, 4) is 0 Å². The van der Waals surface area contributed by atoms with E-state index in [0.717, 1.165) is 16.7 Å². The van der Waals surface area contributed by atoms with Gasteiger partial charge in [0.2, 0.25) is 0 Å². The number of carbonyl (C=O) groups excluding carboxylic acids is 1. The average molecular weight is 336 g/mol. The van der Waals surface area contributed by atoms with Gasteiger partial charge in [-0.2, -0.15) is 0 Å². The molecule has 25 heavy (non-hydrogen) atoms. The number of pyridine rings is 1. The SMILES string of the molecule is CNOC/C=C(\c1ccccc1)c1ccc2nc(N)c(C(C)=O)n2c1. The third-order valence-corrected chi connectivity index (χ3v) is 3.89. The molecule has 0 atom stereocenters. The van der Waals surface area contributed by atoms with E-state index < -0.39 is 0 Å². The Kier molecular flexibility index (Phi) is 4.92. The van der Waals surface area contributed by atoms with Crippen molar-refractivity contribution in [2.24, 2.45) is 0 Å². The average Bonchev–Trinajstić information content (AvgIpc) is 2.94. The molecule has 0 spiro atoms. The number of aromatic nitrogens is 2. The van der Waals surface area contributed by atoms with Crippen LogP contribution in [0, 0.1) is 0 Å². The molecule has 3 N–H and O–H groups in total. The number of nitrogen functional groups attached to an aromatic ring is 1. The summed E-state index contributed by atoms with van der Waals surface area (Å²) in [6, 6.07) is 13.8. The van der Waals surface area contributed by atoms with Gasteiger partial charge in [0.25, 0.3) is 0 Å². The quantitative estimate of drug-likeness (QED) is 0.411. The minimum absolute atomic E-state index is 0.120. The number of nitrogens with two attached hydrogens (primary N) is 1. The Balaban J connectivity index is 2.14. The number of benzene rings is 1. The molecule has 0 aliphatic heterocycles. The lowest BCUT2D eigenvalue weighted by atomic mass is 9.99. The van der Waals surface area contributed by atoms with Gasteiger partial charge in [0.1, 0.15) is 11.3 Å². The molecule has 128 valence electrons. The van der Waals surface area contributed by atoms with E-state index in [4.69, 9.17) is 10.6 Å². The lowest BCUT2D eigenvalue weighted by Crippen LogP contribution is -2.07. The van der Waals surface area contributed by atoms with Crippen LogP contribution in [0.2, 0.25) is 0 Å². The van der Waals surface area contributed by atoms with Crippen molar-refractivity contribution in [1.29, 1.82) is 0 Å². The van der Waals surface area contributed by atoms with Gasteiger partial charge in [-0.3, -0.25) is 14.0 Å². The molecular weight excluding hydrogens is 316 g/mol. The molecule has 0 saturated carbocycles. The molecule has 6 nitrogen and oxygen atoms in total. The fourth-order valence-corrected chi connectivity index (χ4v) is 2.80. The Morgan fingerprint density at radius 3 is 2.68 bits per heavy atom. The maximum Gasteiger partial charge on any atom is 0.180 e. The fraction of sp³-hybridized carbons (Fsp3) is 0.158. The Morgan fingerprint density at radius 1 is 1.24 bits per heavy atom. The Hall–Kier alpha value is -2.96. The van der Waals surface area contributed by atoms with Crippen LogP contribution in [0.4, 0.5) is 5.82 Å². The van der Waals surface area contributed by atoms with E-state index in [-0.39, 0.29) is 11.6 Å². The molecule has 1 aromatic carbocycles. The van der Waals surface area contributed by atoms with Gasteiger partial charge >= 0.3 is 0 Å². The van der Waals surface area contributed by atoms with E-state index in [1.165, 1.54) is 6.92 Å². The Morgan fingerprint density at radius 2 is 2.00 bits per heavy atom. The van der Waals surface area contributed by atoms with Gasteiger partial charge in [-0.25, -0.2) is 10.5 Å². The normalized spacial score (nSPS) is 11.8. The minimum atomic E-state index is -0.120. The smallest absolute Gasteiger partial charge is 0.180 e. The highest BCUT2D eigenvalue weighted by Crippen LogP contribution is 2.25. The van der Waals surface area contributed by atoms with Crippen LogP contribution >= 0.6 is 0 Å². The van der Waals surface area contributed by atoms with Crippen LogP contribution in [0.5, 0.6) is 0 Å². The number of hydrogen-bond donors (Lipinski definition) is 2. The summed E-state index contributed by atoms with van der Waals surface area (Å²) >= 11 is 0. The summed E-state index contributed by atoms with van der Waals surface area (Å²) in [5.41, 5.74) is 12.6. The number of hydrogen-bond acceptors (Lipinski definition) is 5. The third kappa shape index (κ3) is 3.45. The second-order valence-corrected chi connectivity index (χ2v) is 5.55. The first kappa shape index (κ1) is 16.9. The molecular formula is C19H20N4O2. The van der Waals surface area contributed by atoms with Crippen molar-refractivity contribution in [3.05, 3.63) is 71.6 Å². The van der Waals surface area contributed by atoms with Gasteiger partial charge in [-0.05, 0) is 34.9 Å². The largest absolute Gasteiger partial charge is 0.382 e. The summed E-state index contributed by atoms with van der Waals surface area (Å²) < 4.78 is 1.74. The summed E-state index contributed by atoms with van der Waals surface area (Å²) in [5, 5.41) is 0. The van der Waals surface area contributed by atoms with E-state index in [2.05, 4.69) is 10.5 Å². The number of hydroxylamine groups is 1. The van der Waals surface area contributed by atoms with Gasteiger partial charge in [-0.15, -0.1) is 0 Å². The Labute approximate surface area is 145 Å². The van der Waals surface area contributed by atoms with Crippen molar-refractivity contribution >= 4 is 22.8 Å². The summed E-state index contributed by atoms with van der Waals surface area (Å²) in [6.45, 7) is 1.89.